The Labute approximate surface area is 111 Å². The van der Waals surface area contributed by atoms with E-state index in [0.29, 0.717) is 10.7 Å². The van der Waals surface area contributed by atoms with Gasteiger partial charge in [0.1, 0.15) is 0 Å². The lowest BCUT2D eigenvalue weighted by atomic mass is 10.3. The summed E-state index contributed by atoms with van der Waals surface area (Å²) in [4.78, 5) is 22.6. The molecule has 0 saturated carbocycles. The van der Waals surface area contributed by atoms with Gasteiger partial charge in [0.05, 0.1) is 6.10 Å². The summed E-state index contributed by atoms with van der Waals surface area (Å²) in [7, 11) is 0. The molecule has 0 aliphatic heterocycles. The van der Waals surface area contributed by atoms with E-state index in [1.807, 2.05) is 0 Å². The second-order valence-electron chi connectivity index (χ2n) is 3.82. The van der Waals surface area contributed by atoms with E-state index in [-0.39, 0.29) is 6.10 Å². The normalized spacial score (nSPS) is 10.7. The van der Waals surface area contributed by atoms with Crippen molar-refractivity contribution in [2.45, 2.75) is 20.0 Å². The molecule has 1 N–H and O–H groups in total. The topological polar surface area (TPSA) is 55.4 Å². The van der Waals surface area contributed by atoms with Gasteiger partial charge in [-0.2, -0.15) is 0 Å². The number of hydrogen-bond donors (Lipinski definition) is 1. The first kappa shape index (κ1) is 14.3. The van der Waals surface area contributed by atoms with Crippen LogP contribution in [0.25, 0.3) is 0 Å². The van der Waals surface area contributed by atoms with Crippen LogP contribution in [0.2, 0.25) is 5.02 Å². The van der Waals surface area contributed by atoms with Crippen molar-refractivity contribution in [2.24, 2.45) is 0 Å². The number of anilines is 1. The van der Waals surface area contributed by atoms with Gasteiger partial charge >= 0.3 is 5.97 Å². The highest BCUT2D eigenvalue weighted by Gasteiger charge is 2.02. The fraction of sp³-hybridized carbons (Fsp3) is 0.231. The predicted octanol–water partition coefficient (Wildman–Crippen LogP) is 2.79. The summed E-state index contributed by atoms with van der Waals surface area (Å²) in [6.07, 6.45) is 1.99. The molecule has 0 bridgehead atoms. The summed E-state index contributed by atoms with van der Waals surface area (Å²) in [6.45, 7) is 3.47. The van der Waals surface area contributed by atoms with Crippen LogP contribution < -0.4 is 5.32 Å². The van der Waals surface area contributed by atoms with Crippen molar-refractivity contribution in [3.05, 3.63) is 41.4 Å². The Morgan fingerprint density at radius 2 is 2.06 bits per heavy atom. The van der Waals surface area contributed by atoms with Crippen molar-refractivity contribution < 1.29 is 14.3 Å². The average Bonchev–Trinajstić information content (AvgIpc) is 2.25. The van der Waals surface area contributed by atoms with Crippen molar-refractivity contribution in [1.29, 1.82) is 0 Å². The molecule has 18 heavy (non-hydrogen) atoms. The van der Waals surface area contributed by atoms with Crippen LogP contribution in [0.4, 0.5) is 5.69 Å². The summed E-state index contributed by atoms with van der Waals surface area (Å²) in [5.41, 5.74) is 0.564. The number of rotatable bonds is 4. The van der Waals surface area contributed by atoms with Crippen molar-refractivity contribution in [3.8, 4) is 0 Å². The van der Waals surface area contributed by atoms with Gasteiger partial charge in [0.25, 0.3) is 0 Å². The van der Waals surface area contributed by atoms with E-state index >= 15 is 0 Å². The minimum atomic E-state index is -0.550. The number of nitrogens with one attached hydrogen (secondary N) is 1. The molecule has 96 valence electrons. The number of carbonyl (C=O) groups is 2. The molecule has 1 aromatic carbocycles. The summed E-state index contributed by atoms with van der Waals surface area (Å²) in [5.74, 6) is -0.968. The van der Waals surface area contributed by atoms with Gasteiger partial charge in [-0.25, -0.2) is 4.79 Å². The van der Waals surface area contributed by atoms with Gasteiger partial charge in [-0.15, -0.1) is 0 Å². The lowest BCUT2D eigenvalue weighted by Gasteiger charge is -2.04. The van der Waals surface area contributed by atoms with Crippen LogP contribution >= 0.6 is 11.6 Å². The predicted molar refractivity (Wildman–Crippen MR) is 70.4 cm³/mol. The Morgan fingerprint density at radius 3 is 2.67 bits per heavy atom. The Morgan fingerprint density at radius 1 is 1.33 bits per heavy atom. The lowest BCUT2D eigenvalue weighted by molar-refractivity contribution is -0.141. The Hall–Kier alpha value is -1.81. The molecule has 1 amide bonds. The molecular formula is C13H14ClNO3. The molecule has 0 unspecified atom stereocenters. The van der Waals surface area contributed by atoms with Crippen molar-refractivity contribution in [2.75, 3.05) is 5.32 Å². The number of ether oxygens (including phenoxy) is 1. The van der Waals surface area contributed by atoms with Crippen molar-refractivity contribution in [3.63, 3.8) is 0 Å². The smallest absolute Gasteiger partial charge is 0.331 e. The lowest BCUT2D eigenvalue weighted by Crippen LogP contribution is -2.11. The van der Waals surface area contributed by atoms with Gasteiger partial charge in [0.15, 0.2) is 0 Å². The highest BCUT2D eigenvalue weighted by Crippen LogP contribution is 2.14. The SMILES string of the molecule is CC(C)OC(=O)/C=C/C(=O)Nc1cccc(Cl)c1. The highest BCUT2D eigenvalue weighted by molar-refractivity contribution is 6.30. The number of halogens is 1. The standard InChI is InChI=1S/C13H14ClNO3/c1-9(2)18-13(17)7-6-12(16)15-11-5-3-4-10(14)8-11/h3-9H,1-2H3,(H,15,16)/b7-6+. The summed E-state index contributed by atoms with van der Waals surface area (Å²) in [5, 5.41) is 3.10. The van der Waals surface area contributed by atoms with Gasteiger partial charge in [-0.1, -0.05) is 17.7 Å². The molecule has 0 aromatic heterocycles. The fourth-order valence-electron chi connectivity index (χ4n) is 1.17. The molecule has 0 saturated heterocycles. The van der Waals surface area contributed by atoms with E-state index in [2.05, 4.69) is 5.32 Å². The van der Waals surface area contributed by atoms with Crippen LogP contribution in [0.15, 0.2) is 36.4 Å². The van der Waals surface area contributed by atoms with Gasteiger partial charge in [-0.05, 0) is 32.0 Å². The maximum Gasteiger partial charge on any atom is 0.331 e. The zero-order chi connectivity index (χ0) is 13.5. The molecule has 4 nitrogen and oxygen atoms in total. The summed E-state index contributed by atoms with van der Waals surface area (Å²) in [6, 6.07) is 6.73. The van der Waals surface area contributed by atoms with Crippen LogP contribution in [-0.2, 0) is 14.3 Å². The third-order valence-electron chi connectivity index (χ3n) is 1.81. The first-order chi connectivity index (χ1) is 8.47. The van der Waals surface area contributed by atoms with E-state index in [1.165, 1.54) is 0 Å². The molecule has 0 atom stereocenters. The largest absolute Gasteiger partial charge is 0.460 e. The quantitative estimate of drug-likeness (QED) is 0.674. The molecule has 0 radical (unpaired) electrons. The summed E-state index contributed by atoms with van der Waals surface area (Å²) >= 11 is 5.77. The molecule has 0 spiro atoms. The van der Waals surface area contributed by atoms with Gasteiger partial charge in [0, 0.05) is 22.9 Å². The zero-order valence-electron chi connectivity index (χ0n) is 10.1. The monoisotopic (exact) mass is 267 g/mol. The van der Waals surface area contributed by atoms with Gasteiger partial charge in [-0.3, -0.25) is 4.79 Å². The second-order valence-corrected chi connectivity index (χ2v) is 4.26. The third-order valence-corrected chi connectivity index (χ3v) is 2.05. The molecule has 0 fully saturated rings. The molecule has 0 aliphatic rings. The van der Waals surface area contributed by atoms with Gasteiger partial charge in [0.2, 0.25) is 5.91 Å². The minimum absolute atomic E-state index is 0.210. The van der Waals surface area contributed by atoms with Crippen molar-refractivity contribution >= 4 is 29.2 Å². The van der Waals surface area contributed by atoms with Crippen LogP contribution in [0.1, 0.15) is 13.8 Å². The van der Waals surface area contributed by atoms with Crippen LogP contribution in [-0.4, -0.2) is 18.0 Å². The molecule has 0 heterocycles. The van der Waals surface area contributed by atoms with E-state index in [1.54, 1.807) is 38.1 Å². The van der Waals surface area contributed by atoms with Crippen LogP contribution in [0.5, 0.6) is 0 Å². The Balaban J connectivity index is 2.51. The first-order valence-corrected chi connectivity index (χ1v) is 5.80. The average molecular weight is 268 g/mol. The fourth-order valence-corrected chi connectivity index (χ4v) is 1.36. The minimum Gasteiger partial charge on any atom is -0.460 e. The van der Waals surface area contributed by atoms with Gasteiger partial charge < -0.3 is 10.1 Å². The number of benzene rings is 1. The number of hydrogen-bond acceptors (Lipinski definition) is 3. The molecule has 5 heteroatoms. The second kappa shape index (κ2) is 6.81. The summed E-state index contributed by atoms with van der Waals surface area (Å²) < 4.78 is 4.84. The molecular weight excluding hydrogens is 254 g/mol. The Bertz CT molecular complexity index is 469. The van der Waals surface area contributed by atoms with E-state index in [9.17, 15) is 9.59 Å². The van der Waals surface area contributed by atoms with Crippen molar-refractivity contribution in [1.82, 2.24) is 0 Å². The highest BCUT2D eigenvalue weighted by atomic mass is 35.5. The Kier molecular flexibility index (Phi) is 5.39. The first-order valence-electron chi connectivity index (χ1n) is 5.42. The third kappa shape index (κ3) is 5.50. The molecule has 0 aliphatic carbocycles. The van der Waals surface area contributed by atoms with Crippen LogP contribution in [0, 0.1) is 0 Å². The maximum atomic E-state index is 11.5. The van der Waals surface area contributed by atoms with E-state index < -0.39 is 11.9 Å². The molecule has 1 aromatic rings. The number of carbonyl (C=O) groups excluding carboxylic acids is 2. The van der Waals surface area contributed by atoms with E-state index in [4.69, 9.17) is 16.3 Å². The molecule has 1 rings (SSSR count). The number of esters is 1. The number of amides is 1. The van der Waals surface area contributed by atoms with E-state index in [0.717, 1.165) is 12.2 Å². The maximum absolute atomic E-state index is 11.5. The zero-order valence-corrected chi connectivity index (χ0v) is 10.9. The van der Waals surface area contributed by atoms with Crippen LogP contribution in [0.3, 0.4) is 0 Å².